The third kappa shape index (κ3) is 17.1. The summed E-state index contributed by atoms with van der Waals surface area (Å²) in [4.78, 5) is 43.1. The number of ketones is 1. The predicted molar refractivity (Wildman–Crippen MR) is 313 cm³/mol. The number of pyridine rings is 3. The van der Waals surface area contributed by atoms with Crippen LogP contribution in [0.15, 0.2) is 197 Å². The number of anilines is 1. The molecule has 0 saturated heterocycles. The minimum Gasteiger partial charge on any atom is -0.512 e. The van der Waals surface area contributed by atoms with Gasteiger partial charge in [0.15, 0.2) is 5.78 Å². The zero-order chi connectivity index (χ0) is 53.0. The van der Waals surface area contributed by atoms with Gasteiger partial charge < -0.3 is 29.4 Å². The molecular weight excluding hydrogens is 1540 g/mol. The van der Waals surface area contributed by atoms with Crippen LogP contribution in [0.4, 0.5) is 5.69 Å². The van der Waals surface area contributed by atoms with Gasteiger partial charge in [0.25, 0.3) is 0 Å². The summed E-state index contributed by atoms with van der Waals surface area (Å²) in [5.74, 6) is -0.0625. The molecule has 3 radical (unpaired) electrons. The Bertz CT molecular complexity index is 3410. The third-order valence-corrected chi connectivity index (χ3v) is 13.9. The van der Waals surface area contributed by atoms with Gasteiger partial charge in [-0.05, 0) is 110 Å². The SMILES string of the molecule is C.CC(=O)C=C(C)O.CC1(C)CCN2CCC(C)(C)c3c2c1cc1cc(-c2nc4ccccc4s2)c(=O)oc31.Cc1ccnc(-c2[c-]cccc2)c1.[Ir].[Ir].[Ir].[c-]1ccccc1-c1ccccn1.[c-]1ccccc1-c1ccccn1. The van der Waals surface area contributed by atoms with Crippen molar-refractivity contribution in [2.45, 2.75) is 79.6 Å². The summed E-state index contributed by atoms with van der Waals surface area (Å²) in [6, 6.07) is 61.0. The Hall–Kier alpha value is -6.39. The second-order valence-corrected chi connectivity index (χ2v) is 20.7. The van der Waals surface area contributed by atoms with Gasteiger partial charge in [-0.1, -0.05) is 83.1 Å². The number of carbonyl (C=O) groups is 1. The van der Waals surface area contributed by atoms with E-state index < -0.39 is 0 Å². The molecule has 0 atom stereocenters. The fourth-order valence-corrected chi connectivity index (χ4v) is 9.94. The van der Waals surface area contributed by atoms with Crippen LogP contribution < -0.4 is 10.5 Å². The number of rotatable bonds is 5. The predicted octanol–water partition coefficient (Wildman–Crippen LogP) is 15.9. The van der Waals surface area contributed by atoms with E-state index in [4.69, 9.17) is 14.5 Å². The smallest absolute Gasteiger partial charge is 0.346 e. The van der Waals surface area contributed by atoms with Crippen molar-refractivity contribution in [1.29, 1.82) is 0 Å². The average Bonchev–Trinajstić information content (AvgIpc) is 3.89. The Morgan fingerprint density at radius 1 is 0.658 bits per heavy atom. The number of allylic oxidation sites excluding steroid dienone is 2. The van der Waals surface area contributed by atoms with E-state index in [9.17, 15) is 9.59 Å². The number of aryl methyl sites for hydroxylation is 1. The summed E-state index contributed by atoms with van der Waals surface area (Å²) in [6.45, 7) is 16.3. The van der Waals surface area contributed by atoms with Gasteiger partial charge in [-0.2, -0.15) is 0 Å². The van der Waals surface area contributed by atoms with Gasteiger partial charge in [0.2, 0.25) is 0 Å². The van der Waals surface area contributed by atoms with Gasteiger partial charge in [0.1, 0.15) is 10.6 Å². The van der Waals surface area contributed by atoms with Crippen molar-refractivity contribution < 1.29 is 74.6 Å². The molecule has 79 heavy (non-hydrogen) atoms. The van der Waals surface area contributed by atoms with Crippen LogP contribution in [0.1, 0.15) is 78.5 Å². The number of aliphatic hydroxyl groups excluding tert-OH is 1. The van der Waals surface area contributed by atoms with E-state index in [-0.39, 0.29) is 95.7 Å². The van der Waals surface area contributed by atoms with E-state index in [1.165, 1.54) is 42.3 Å². The first-order chi connectivity index (χ1) is 36.2. The summed E-state index contributed by atoms with van der Waals surface area (Å²) < 4.78 is 7.18. The molecule has 10 aromatic rings. The van der Waals surface area contributed by atoms with E-state index in [1.54, 1.807) is 23.7 Å². The number of benzene rings is 5. The zero-order valence-corrected chi connectivity index (χ0v) is 52.5. The summed E-state index contributed by atoms with van der Waals surface area (Å²) in [7, 11) is 0. The van der Waals surface area contributed by atoms with Crippen molar-refractivity contribution >= 4 is 44.0 Å². The fraction of sp³-hybridized carbons (Fsp3) is 0.212. The minimum absolute atomic E-state index is 0. The molecule has 5 aromatic carbocycles. The monoisotopic (exact) mass is 1600 g/mol. The molecule has 413 valence electrons. The van der Waals surface area contributed by atoms with Crippen molar-refractivity contribution in [1.82, 2.24) is 19.9 Å². The number of fused-ring (bicyclic) bond motifs is 3. The number of para-hydroxylation sites is 1. The molecule has 0 unspecified atom stereocenters. The van der Waals surface area contributed by atoms with Crippen LogP contribution in [0.2, 0.25) is 0 Å². The third-order valence-electron chi connectivity index (χ3n) is 12.9. The number of aliphatic hydroxyl groups is 1. The van der Waals surface area contributed by atoms with Gasteiger partial charge in [0.05, 0.1) is 21.5 Å². The number of thiazole rings is 1. The van der Waals surface area contributed by atoms with Crippen molar-refractivity contribution in [3.05, 3.63) is 233 Å². The summed E-state index contributed by atoms with van der Waals surface area (Å²) >= 11 is 1.54. The van der Waals surface area contributed by atoms with Gasteiger partial charge in [0, 0.05) is 115 Å². The fourth-order valence-electron chi connectivity index (χ4n) is 8.97. The molecule has 7 heterocycles. The van der Waals surface area contributed by atoms with Crippen molar-refractivity contribution in [3.8, 4) is 44.3 Å². The van der Waals surface area contributed by atoms with Crippen molar-refractivity contribution in [2.75, 3.05) is 18.0 Å². The van der Waals surface area contributed by atoms with Crippen LogP contribution in [0.3, 0.4) is 0 Å². The molecule has 0 fully saturated rings. The summed E-state index contributed by atoms with van der Waals surface area (Å²) in [6.07, 6.45) is 8.76. The van der Waals surface area contributed by atoms with Crippen molar-refractivity contribution in [3.63, 3.8) is 0 Å². The molecule has 1 N–H and O–H groups in total. The first-order valence-electron chi connectivity index (χ1n) is 25.0. The number of hydrogen-bond donors (Lipinski definition) is 1. The number of carbonyl (C=O) groups excluding carboxylic acids is 1. The van der Waals surface area contributed by atoms with Gasteiger partial charge in [-0.3, -0.25) is 4.79 Å². The molecule has 0 amide bonds. The Labute approximate surface area is 509 Å². The van der Waals surface area contributed by atoms with Crippen LogP contribution >= 0.6 is 11.3 Å². The maximum absolute atomic E-state index is 13.2. The molecule has 0 saturated carbocycles. The van der Waals surface area contributed by atoms with Crippen LogP contribution in [-0.2, 0) is 75.9 Å². The van der Waals surface area contributed by atoms with Gasteiger partial charge in [-0.15, -0.1) is 119 Å². The number of nitrogens with zero attached hydrogens (tertiary/aromatic N) is 5. The average molecular weight is 1600 g/mol. The van der Waals surface area contributed by atoms with Crippen LogP contribution in [0.25, 0.3) is 65.5 Å². The van der Waals surface area contributed by atoms with Crippen LogP contribution in [-0.4, -0.2) is 43.9 Å². The van der Waals surface area contributed by atoms with E-state index in [2.05, 4.69) is 84.8 Å². The summed E-state index contributed by atoms with van der Waals surface area (Å²) in [5, 5.41) is 10.1. The van der Waals surface area contributed by atoms with E-state index in [0.29, 0.717) is 5.56 Å². The Balaban J connectivity index is 0.000000235. The molecule has 13 heteroatoms. The van der Waals surface area contributed by atoms with E-state index in [0.717, 1.165) is 85.9 Å². The summed E-state index contributed by atoms with van der Waals surface area (Å²) in [5.41, 5.74) is 13.1. The molecule has 0 spiro atoms. The topological polar surface area (TPSA) is 122 Å². The number of aromatic nitrogens is 4. The molecular formula is C66H64Ir3N5O4S-3. The molecule has 2 aliphatic rings. The first kappa shape index (κ1) is 65.1. The molecule has 0 aliphatic carbocycles. The van der Waals surface area contributed by atoms with Gasteiger partial charge >= 0.3 is 5.63 Å². The molecule has 9 nitrogen and oxygen atoms in total. The van der Waals surface area contributed by atoms with Gasteiger partial charge in [-0.25, -0.2) is 9.78 Å². The van der Waals surface area contributed by atoms with E-state index in [1.807, 2.05) is 152 Å². The molecule has 0 bridgehead atoms. The minimum atomic E-state index is -0.300. The number of hydrogen-bond acceptors (Lipinski definition) is 10. The van der Waals surface area contributed by atoms with Crippen LogP contribution in [0, 0.1) is 25.1 Å². The first-order valence-corrected chi connectivity index (χ1v) is 25.8. The normalized spacial score (nSPS) is 13.1. The second kappa shape index (κ2) is 30.3. The maximum Gasteiger partial charge on any atom is 0.346 e. The zero-order valence-electron chi connectivity index (χ0n) is 44.5. The van der Waals surface area contributed by atoms with E-state index >= 15 is 0 Å². The Morgan fingerprint density at radius 3 is 1.66 bits per heavy atom. The Morgan fingerprint density at radius 2 is 1.18 bits per heavy atom. The second-order valence-electron chi connectivity index (χ2n) is 19.6. The molecule has 2 aliphatic heterocycles. The quantitative estimate of drug-likeness (QED) is 0.0777. The molecule has 12 rings (SSSR count). The largest absolute Gasteiger partial charge is 0.512 e. The maximum atomic E-state index is 13.2. The standard InChI is InChI=1S/C26H26N2O2S.C12H10N.2C11H8N.C5H8O2.CH4.3Ir/c1-25(2)9-11-28-12-10-26(3,4)20-21(28)17(25)14-15-13-16(24(29)30-22(15)20)23-27-18-7-5-6-8-19(18)31-23;1-10-7-8-13-12(9-10)11-5-3-2-4-6-11;2*1-2-6-10(7-3-1)11-8-4-5-9-12-11;1-4(6)3-5(2)7;;;;/h5-8,13-14H,9-12H2,1-4H3;2-5,7-9H,1H3;2*1-6,8-9H;3,6H,1-2H3;1H4;;;/q;3*-1;;;;;. The van der Waals surface area contributed by atoms with Crippen LogP contribution in [0.5, 0.6) is 0 Å². The molecule has 5 aromatic heterocycles. The Kier molecular flexibility index (Phi) is 25.0. The van der Waals surface area contributed by atoms with Crippen molar-refractivity contribution in [2.24, 2.45) is 0 Å².